The van der Waals surface area contributed by atoms with E-state index in [1.54, 1.807) is 12.1 Å². The lowest BCUT2D eigenvalue weighted by molar-refractivity contribution is -0.136. The molecule has 0 amide bonds. The summed E-state index contributed by atoms with van der Waals surface area (Å²) in [5, 5.41) is 0. The Hall–Kier alpha value is -3.16. The summed E-state index contributed by atoms with van der Waals surface area (Å²) in [6.07, 6.45) is -0.487. The number of anilines is 1. The average Bonchev–Trinajstić information content (AvgIpc) is 3.08. The van der Waals surface area contributed by atoms with Gasteiger partial charge in [-0.3, -0.25) is 4.79 Å². The van der Waals surface area contributed by atoms with E-state index in [0.29, 0.717) is 97.3 Å². The molecule has 48 heavy (non-hydrogen) atoms. The zero-order chi connectivity index (χ0) is 34.8. The Balaban J connectivity index is 1.25. The van der Waals surface area contributed by atoms with E-state index >= 15 is 0 Å². The number of carbonyl (C=O) groups excluding carboxylic acids is 1. The molecule has 12 nitrogen and oxygen atoms in total. The van der Waals surface area contributed by atoms with Gasteiger partial charge in [0.1, 0.15) is 12.4 Å². The highest BCUT2D eigenvalue weighted by Gasteiger charge is 2.28. The van der Waals surface area contributed by atoms with Crippen LogP contribution in [0.3, 0.4) is 0 Å². The lowest BCUT2D eigenvalue weighted by Gasteiger charge is -2.10. The third-order valence-electron chi connectivity index (χ3n) is 5.84. The lowest BCUT2D eigenvalue weighted by Crippen LogP contribution is -2.16. The molecule has 17 heteroatoms. The van der Waals surface area contributed by atoms with Gasteiger partial charge in [0.2, 0.25) is 34.8 Å². The van der Waals surface area contributed by atoms with Crippen molar-refractivity contribution in [1.29, 1.82) is 0 Å². The Morgan fingerprint density at radius 3 is 1.21 bits per heavy atom. The van der Waals surface area contributed by atoms with Crippen LogP contribution in [0.15, 0.2) is 24.3 Å². The summed E-state index contributed by atoms with van der Waals surface area (Å²) in [7, 11) is 0. The molecule has 2 aromatic rings. The van der Waals surface area contributed by atoms with Crippen LogP contribution in [0.2, 0.25) is 0 Å². The van der Waals surface area contributed by atoms with E-state index < -0.39 is 47.2 Å². The predicted molar refractivity (Wildman–Crippen MR) is 159 cm³/mol. The molecule has 0 aliphatic heterocycles. The Morgan fingerprint density at radius 2 is 0.812 bits per heavy atom. The molecule has 0 bridgehead atoms. The molecule has 0 spiro atoms. The fourth-order valence-electron chi connectivity index (χ4n) is 3.46. The van der Waals surface area contributed by atoms with Gasteiger partial charge in [-0.15, -0.1) is 0 Å². The molecule has 0 aliphatic rings. The molecule has 0 fully saturated rings. The minimum atomic E-state index is -2.35. The van der Waals surface area contributed by atoms with Crippen molar-refractivity contribution in [1.82, 2.24) is 0 Å². The van der Waals surface area contributed by atoms with Crippen LogP contribution in [-0.2, 0) is 42.7 Å². The normalized spacial score (nSPS) is 11.3. The summed E-state index contributed by atoms with van der Waals surface area (Å²) in [4.78, 5) is 11.6. The van der Waals surface area contributed by atoms with Crippen LogP contribution in [-0.4, -0.2) is 118 Å². The molecule has 272 valence electrons. The molecule has 0 radical (unpaired) electrons. The molecular formula is C31H42F5NO11. The molecule has 0 saturated heterocycles. The standard InChI is InChI=1S/C31H42F5NO11/c32-26-27(33)29(35)31(30(36)28(26)34)48-25(38)5-6-39-7-8-40-9-10-41-11-12-42-13-14-43-15-16-44-17-18-45-19-20-46-21-22-47-24-4-2-1-3-23(24)37/h1-4H,5-22,37H2. The van der Waals surface area contributed by atoms with Gasteiger partial charge in [0, 0.05) is 0 Å². The number of halogens is 5. The van der Waals surface area contributed by atoms with Crippen molar-refractivity contribution >= 4 is 11.7 Å². The number of carbonyl (C=O) groups is 1. The molecule has 2 aromatic carbocycles. The van der Waals surface area contributed by atoms with Gasteiger partial charge in [-0.05, 0) is 12.1 Å². The maximum Gasteiger partial charge on any atom is 0.313 e. The van der Waals surface area contributed by atoms with E-state index in [-0.39, 0.29) is 26.4 Å². The van der Waals surface area contributed by atoms with Crippen LogP contribution in [0.1, 0.15) is 6.42 Å². The third kappa shape index (κ3) is 17.3. The molecule has 2 rings (SSSR count). The first kappa shape index (κ1) is 41.0. The van der Waals surface area contributed by atoms with Crippen molar-refractivity contribution in [2.45, 2.75) is 6.42 Å². The largest absolute Gasteiger partial charge is 0.489 e. The number of benzene rings is 2. The van der Waals surface area contributed by atoms with Gasteiger partial charge in [0.05, 0.1) is 118 Å². The van der Waals surface area contributed by atoms with E-state index in [9.17, 15) is 26.7 Å². The number of ether oxygens (including phenoxy) is 10. The highest BCUT2D eigenvalue weighted by Crippen LogP contribution is 2.29. The molecule has 0 saturated carbocycles. The van der Waals surface area contributed by atoms with Crippen LogP contribution in [0, 0.1) is 29.1 Å². The monoisotopic (exact) mass is 699 g/mol. The van der Waals surface area contributed by atoms with Crippen LogP contribution in [0.4, 0.5) is 27.6 Å². The SMILES string of the molecule is Nc1ccccc1OCCOCCOCCOCCOCCOCCOCCOCCOCCC(=O)Oc1c(F)c(F)c(F)c(F)c1F. The van der Waals surface area contributed by atoms with Crippen LogP contribution in [0.5, 0.6) is 11.5 Å². The van der Waals surface area contributed by atoms with Gasteiger partial charge < -0.3 is 53.1 Å². The highest BCUT2D eigenvalue weighted by molar-refractivity contribution is 5.72. The van der Waals surface area contributed by atoms with E-state index in [0.717, 1.165) is 0 Å². The van der Waals surface area contributed by atoms with Crippen molar-refractivity contribution in [3.8, 4) is 11.5 Å². The van der Waals surface area contributed by atoms with Crippen molar-refractivity contribution in [2.75, 3.05) is 118 Å². The maximum atomic E-state index is 13.5. The number of rotatable bonds is 29. The van der Waals surface area contributed by atoms with Gasteiger partial charge in [-0.1, -0.05) is 12.1 Å². The molecule has 0 aliphatic carbocycles. The fourth-order valence-corrected chi connectivity index (χ4v) is 3.46. The van der Waals surface area contributed by atoms with Gasteiger partial charge in [-0.25, -0.2) is 13.2 Å². The van der Waals surface area contributed by atoms with E-state index in [1.165, 1.54) is 0 Å². The summed E-state index contributed by atoms with van der Waals surface area (Å²) in [5.41, 5.74) is 6.39. The Labute approximate surface area is 275 Å². The molecule has 2 N–H and O–H groups in total. The van der Waals surface area contributed by atoms with Crippen LogP contribution < -0.4 is 15.2 Å². The lowest BCUT2D eigenvalue weighted by atomic mass is 10.2. The second kappa shape index (κ2) is 25.8. The number of hydrogen-bond acceptors (Lipinski definition) is 12. The highest BCUT2D eigenvalue weighted by atomic mass is 19.2. The number of para-hydroxylation sites is 2. The summed E-state index contributed by atoms with van der Waals surface area (Å²) in [6, 6.07) is 7.28. The Bertz CT molecular complexity index is 1150. The zero-order valence-corrected chi connectivity index (χ0v) is 26.5. The van der Waals surface area contributed by atoms with Crippen LogP contribution >= 0.6 is 0 Å². The van der Waals surface area contributed by atoms with Crippen LogP contribution in [0.25, 0.3) is 0 Å². The molecule has 0 heterocycles. The summed E-state index contributed by atoms with van der Waals surface area (Å²) < 4.78 is 119. The molecular weight excluding hydrogens is 657 g/mol. The smallest absolute Gasteiger partial charge is 0.313 e. The number of nitrogens with two attached hydrogens (primary N) is 1. The van der Waals surface area contributed by atoms with E-state index in [1.807, 2.05) is 12.1 Å². The second-order valence-electron chi connectivity index (χ2n) is 9.41. The zero-order valence-electron chi connectivity index (χ0n) is 26.5. The van der Waals surface area contributed by atoms with Gasteiger partial charge >= 0.3 is 5.97 Å². The minimum absolute atomic E-state index is 0.0803. The van der Waals surface area contributed by atoms with Crippen molar-refractivity contribution in [3.05, 3.63) is 53.4 Å². The van der Waals surface area contributed by atoms with Crippen molar-refractivity contribution < 1.29 is 74.1 Å². The summed E-state index contributed by atoms with van der Waals surface area (Å²) in [6.45, 7) is 5.65. The fraction of sp³-hybridized carbons (Fsp3) is 0.581. The quantitative estimate of drug-likeness (QED) is 0.0254. The second-order valence-corrected chi connectivity index (χ2v) is 9.41. The first-order valence-electron chi connectivity index (χ1n) is 15.1. The Kier molecular flexibility index (Phi) is 22.0. The predicted octanol–water partition coefficient (Wildman–Crippen LogP) is 3.47. The summed E-state index contributed by atoms with van der Waals surface area (Å²) in [5.74, 6) is -13.5. The average molecular weight is 700 g/mol. The number of esters is 1. The number of hydrogen-bond donors (Lipinski definition) is 1. The van der Waals surface area contributed by atoms with Gasteiger partial charge in [0.15, 0.2) is 0 Å². The first-order valence-corrected chi connectivity index (χ1v) is 15.1. The molecule has 0 aromatic heterocycles. The minimum Gasteiger partial charge on any atom is -0.489 e. The van der Waals surface area contributed by atoms with Crippen molar-refractivity contribution in [3.63, 3.8) is 0 Å². The topological polar surface area (TPSA) is 135 Å². The molecule has 0 unspecified atom stereocenters. The maximum absolute atomic E-state index is 13.5. The van der Waals surface area contributed by atoms with Gasteiger partial charge in [-0.2, -0.15) is 8.78 Å². The number of nitrogen functional groups attached to an aromatic ring is 1. The Morgan fingerprint density at radius 1 is 0.479 bits per heavy atom. The van der Waals surface area contributed by atoms with E-state index in [2.05, 4.69) is 4.74 Å². The van der Waals surface area contributed by atoms with Gasteiger partial charge in [0.25, 0.3) is 0 Å². The van der Waals surface area contributed by atoms with Crippen molar-refractivity contribution in [2.24, 2.45) is 0 Å². The molecule has 0 atom stereocenters. The summed E-state index contributed by atoms with van der Waals surface area (Å²) >= 11 is 0. The first-order chi connectivity index (χ1) is 23.3. The third-order valence-corrected chi connectivity index (χ3v) is 5.84. The van der Waals surface area contributed by atoms with E-state index in [4.69, 9.17) is 48.4 Å².